The molecule has 0 aliphatic carbocycles. The Morgan fingerprint density at radius 1 is 1.00 bits per heavy atom. The molecular formula is C15H11ClO5. The summed E-state index contributed by atoms with van der Waals surface area (Å²) in [7, 11) is 1.44. The van der Waals surface area contributed by atoms with E-state index in [4.69, 9.17) is 21.4 Å². The fourth-order valence-electron chi connectivity index (χ4n) is 1.94. The number of benzene rings is 2. The van der Waals surface area contributed by atoms with Gasteiger partial charge in [-0.2, -0.15) is 0 Å². The van der Waals surface area contributed by atoms with Crippen LogP contribution in [0.2, 0.25) is 5.02 Å². The third-order valence-electron chi connectivity index (χ3n) is 2.96. The molecule has 0 saturated heterocycles. The molecule has 0 saturated carbocycles. The molecule has 21 heavy (non-hydrogen) atoms. The first-order valence-electron chi connectivity index (χ1n) is 5.88. The Kier molecular flexibility index (Phi) is 4.14. The highest BCUT2D eigenvalue weighted by molar-refractivity contribution is 6.33. The summed E-state index contributed by atoms with van der Waals surface area (Å²) in [5.41, 5.74) is 0.786. The van der Waals surface area contributed by atoms with Gasteiger partial charge < -0.3 is 14.9 Å². The number of methoxy groups -OCH3 is 1. The molecule has 0 spiro atoms. The highest BCUT2D eigenvalue weighted by Gasteiger charge is 2.16. The predicted molar refractivity (Wildman–Crippen MR) is 77.4 cm³/mol. The molecule has 0 unspecified atom stereocenters. The van der Waals surface area contributed by atoms with E-state index in [1.54, 1.807) is 18.2 Å². The maximum absolute atomic E-state index is 11.4. The highest BCUT2D eigenvalue weighted by Crippen LogP contribution is 2.30. The van der Waals surface area contributed by atoms with E-state index in [1.165, 1.54) is 25.3 Å². The first kappa shape index (κ1) is 14.9. The van der Waals surface area contributed by atoms with Gasteiger partial charge in [-0.1, -0.05) is 17.7 Å². The Bertz CT molecular complexity index is 724. The monoisotopic (exact) mass is 306 g/mol. The highest BCUT2D eigenvalue weighted by atomic mass is 35.5. The summed E-state index contributed by atoms with van der Waals surface area (Å²) in [5.74, 6) is -1.90. The maximum atomic E-state index is 11.4. The summed E-state index contributed by atoms with van der Waals surface area (Å²) in [4.78, 5) is 22.5. The van der Waals surface area contributed by atoms with Crippen LogP contribution in [0.3, 0.4) is 0 Å². The van der Waals surface area contributed by atoms with Crippen molar-refractivity contribution < 1.29 is 24.5 Å². The van der Waals surface area contributed by atoms with Crippen LogP contribution in [0.1, 0.15) is 20.7 Å². The van der Waals surface area contributed by atoms with Gasteiger partial charge in [-0.3, -0.25) is 0 Å². The zero-order valence-corrected chi connectivity index (χ0v) is 11.7. The van der Waals surface area contributed by atoms with Gasteiger partial charge >= 0.3 is 11.9 Å². The van der Waals surface area contributed by atoms with Crippen molar-refractivity contribution in [2.24, 2.45) is 0 Å². The molecule has 0 aliphatic heterocycles. The summed E-state index contributed by atoms with van der Waals surface area (Å²) < 4.78 is 5.00. The predicted octanol–water partition coefficient (Wildman–Crippen LogP) is 3.41. The third-order valence-corrected chi connectivity index (χ3v) is 3.29. The minimum absolute atomic E-state index is 0.0213. The second-order valence-corrected chi connectivity index (χ2v) is 4.62. The van der Waals surface area contributed by atoms with Gasteiger partial charge in [0.05, 0.1) is 23.3 Å². The van der Waals surface area contributed by atoms with Gasteiger partial charge in [0.25, 0.3) is 0 Å². The molecule has 0 aromatic heterocycles. The number of carbonyl (C=O) groups is 2. The topological polar surface area (TPSA) is 83.8 Å². The molecule has 2 aromatic carbocycles. The minimum Gasteiger partial charge on any atom is -0.497 e. The van der Waals surface area contributed by atoms with E-state index >= 15 is 0 Å². The van der Waals surface area contributed by atoms with Crippen LogP contribution in [0, 0.1) is 0 Å². The van der Waals surface area contributed by atoms with E-state index in [0.717, 1.165) is 0 Å². The molecule has 0 heterocycles. The molecule has 0 atom stereocenters. The lowest BCUT2D eigenvalue weighted by atomic mass is 9.97. The lowest BCUT2D eigenvalue weighted by molar-refractivity contribution is 0.0687. The number of hydrogen-bond acceptors (Lipinski definition) is 3. The molecule has 108 valence electrons. The van der Waals surface area contributed by atoms with Crippen LogP contribution >= 0.6 is 11.6 Å². The second-order valence-electron chi connectivity index (χ2n) is 4.22. The van der Waals surface area contributed by atoms with Crippen LogP contribution in [0.25, 0.3) is 11.1 Å². The number of rotatable bonds is 4. The smallest absolute Gasteiger partial charge is 0.337 e. The maximum Gasteiger partial charge on any atom is 0.337 e. The van der Waals surface area contributed by atoms with Crippen molar-refractivity contribution in [2.45, 2.75) is 0 Å². The summed E-state index contributed by atoms with van der Waals surface area (Å²) in [6.45, 7) is 0. The first-order valence-corrected chi connectivity index (χ1v) is 6.26. The van der Waals surface area contributed by atoms with Gasteiger partial charge in [0.1, 0.15) is 5.75 Å². The molecule has 2 aromatic rings. The van der Waals surface area contributed by atoms with Crippen molar-refractivity contribution >= 4 is 23.5 Å². The Labute approximate surface area is 125 Å². The summed E-state index contributed by atoms with van der Waals surface area (Å²) >= 11 is 5.81. The summed E-state index contributed by atoms with van der Waals surface area (Å²) in [6.07, 6.45) is 0. The number of aromatic carboxylic acids is 2. The van der Waals surface area contributed by atoms with Crippen LogP contribution in [-0.2, 0) is 0 Å². The van der Waals surface area contributed by atoms with Gasteiger partial charge in [0, 0.05) is 0 Å². The molecular weight excluding hydrogens is 296 g/mol. The van der Waals surface area contributed by atoms with Gasteiger partial charge in [0.2, 0.25) is 0 Å². The van der Waals surface area contributed by atoms with Crippen LogP contribution < -0.4 is 4.74 Å². The van der Waals surface area contributed by atoms with Crippen LogP contribution in [0.4, 0.5) is 0 Å². The van der Waals surface area contributed by atoms with E-state index in [1.807, 2.05) is 0 Å². The molecule has 0 fully saturated rings. The van der Waals surface area contributed by atoms with Crippen molar-refractivity contribution in [3.8, 4) is 16.9 Å². The average Bonchev–Trinajstić information content (AvgIpc) is 2.46. The quantitative estimate of drug-likeness (QED) is 0.904. The standard InChI is InChI=1S/C15H11ClO5/c1-21-9-3-4-10(11(7-9)14(17)18)8-2-5-13(16)12(6-8)15(19)20/h2-7H,1H3,(H,17,18)(H,19,20). The van der Waals surface area contributed by atoms with E-state index in [-0.39, 0.29) is 16.1 Å². The Hall–Kier alpha value is -2.53. The average molecular weight is 307 g/mol. The third kappa shape index (κ3) is 2.98. The van der Waals surface area contributed by atoms with Gasteiger partial charge in [-0.05, 0) is 41.5 Å². The van der Waals surface area contributed by atoms with Gasteiger partial charge in [-0.25, -0.2) is 9.59 Å². The van der Waals surface area contributed by atoms with Crippen molar-refractivity contribution in [2.75, 3.05) is 7.11 Å². The normalized spacial score (nSPS) is 10.2. The van der Waals surface area contributed by atoms with Crippen molar-refractivity contribution in [3.63, 3.8) is 0 Å². The molecule has 0 bridgehead atoms. The number of halogens is 1. The minimum atomic E-state index is -1.17. The lowest BCUT2D eigenvalue weighted by Gasteiger charge is -2.10. The Balaban J connectivity index is 2.64. The van der Waals surface area contributed by atoms with Crippen LogP contribution in [0.15, 0.2) is 36.4 Å². The number of carboxylic acid groups (broad SMARTS) is 2. The molecule has 2 N–H and O–H groups in total. The Morgan fingerprint density at radius 3 is 2.24 bits per heavy atom. The molecule has 0 radical (unpaired) electrons. The fraction of sp³-hybridized carbons (Fsp3) is 0.0667. The van der Waals surface area contributed by atoms with Gasteiger partial charge in [-0.15, -0.1) is 0 Å². The molecule has 6 heteroatoms. The number of carboxylic acids is 2. The number of hydrogen-bond donors (Lipinski definition) is 2. The molecule has 0 aliphatic rings. The van der Waals surface area contributed by atoms with Crippen molar-refractivity contribution in [1.29, 1.82) is 0 Å². The number of ether oxygens (including phenoxy) is 1. The van der Waals surface area contributed by atoms with E-state index < -0.39 is 11.9 Å². The lowest BCUT2D eigenvalue weighted by Crippen LogP contribution is -2.02. The second kappa shape index (κ2) is 5.85. The van der Waals surface area contributed by atoms with Crippen LogP contribution in [-0.4, -0.2) is 29.3 Å². The Morgan fingerprint density at radius 2 is 1.67 bits per heavy atom. The zero-order valence-electron chi connectivity index (χ0n) is 11.0. The van der Waals surface area contributed by atoms with E-state index in [9.17, 15) is 14.7 Å². The largest absolute Gasteiger partial charge is 0.497 e. The summed E-state index contributed by atoms with van der Waals surface area (Å²) in [5, 5.41) is 18.5. The molecule has 0 amide bonds. The fourth-order valence-corrected chi connectivity index (χ4v) is 2.13. The zero-order chi connectivity index (χ0) is 15.6. The van der Waals surface area contributed by atoms with Crippen LogP contribution in [0.5, 0.6) is 5.75 Å². The van der Waals surface area contributed by atoms with E-state index in [0.29, 0.717) is 16.9 Å². The SMILES string of the molecule is COc1ccc(-c2ccc(Cl)c(C(=O)O)c2)c(C(=O)O)c1. The van der Waals surface area contributed by atoms with Crippen molar-refractivity contribution in [3.05, 3.63) is 52.5 Å². The van der Waals surface area contributed by atoms with Gasteiger partial charge in [0.15, 0.2) is 0 Å². The molecule has 5 nitrogen and oxygen atoms in total. The molecule has 2 rings (SSSR count). The summed E-state index contributed by atoms with van der Waals surface area (Å²) in [6, 6.07) is 8.90. The van der Waals surface area contributed by atoms with E-state index in [2.05, 4.69) is 0 Å². The van der Waals surface area contributed by atoms with Crippen molar-refractivity contribution in [1.82, 2.24) is 0 Å². The first-order chi connectivity index (χ1) is 9.93.